The Bertz CT molecular complexity index is 1260. The molecule has 6 nitrogen and oxygen atoms in total. The molecule has 1 fully saturated rings. The number of anilines is 2. The molecule has 0 aliphatic carbocycles. The average Bonchev–Trinajstić information content (AvgIpc) is 3.02. The van der Waals surface area contributed by atoms with E-state index in [2.05, 4.69) is 4.72 Å². The number of rotatable bonds is 4. The van der Waals surface area contributed by atoms with Gasteiger partial charge in [0.1, 0.15) is 0 Å². The molecule has 3 aromatic rings. The van der Waals surface area contributed by atoms with Crippen LogP contribution < -0.4 is 9.03 Å². The first-order chi connectivity index (χ1) is 13.3. The summed E-state index contributed by atoms with van der Waals surface area (Å²) in [5.41, 5.74) is 1.64. The Hall–Kier alpha value is -2.58. The first kappa shape index (κ1) is 18.8. The van der Waals surface area contributed by atoms with Gasteiger partial charge in [-0.1, -0.05) is 36.4 Å². The van der Waals surface area contributed by atoms with Crippen LogP contribution in [0.25, 0.3) is 10.8 Å². The number of fused-ring (bicyclic) bond motifs is 1. The Labute approximate surface area is 164 Å². The molecule has 0 aromatic heterocycles. The van der Waals surface area contributed by atoms with Gasteiger partial charge in [-0.25, -0.2) is 16.8 Å². The molecule has 28 heavy (non-hydrogen) atoms. The highest BCUT2D eigenvalue weighted by molar-refractivity contribution is 7.93. The molecule has 0 unspecified atom stereocenters. The van der Waals surface area contributed by atoms with Gasteiger partial charge < -0.3 is 0 Å². The van der Waals surface area contributed by atoms with E-state index in [1.807, 2.05) is 18.2 Å². The van der Waals surface area contributed by atoms with E-state index in [9.17, 15) is 16.8 Å². The number of benzene rings is 3. The molecule has 0 radical (unpaired) electrons. The predicted octanol–water partition coefficient (Wildman–Crippen LogP) is 3.49. The molecule has 4 rings (SSSR count). The molecule has 0 atom stereocenters. The van der Waals surface area contributed by atoms with Crippen LogP contribution in [-0.4, -0.2) is 29.1 Å². The minimum atomic E-state index is -3.80. The van der Waals surface area contributed by atoms with Crippen molar-refractivity contribution in [3.63, 3.8) is 0 Å². The van der Waals surface area contributed by atoms with Crippen molar-refractivity contribution < 1.29 is 16.8 Å². The van der Waals surface area contributed by atoms with E-state index in [-0.39, 0.29) is 10.6 Å². The zero-order valence-electron chi connectivity index (χ0n) is 15.3. The van der Waals surface area contributed by atoms with E-state index in [4.69, 9.17) is 0 Å². The van der Waals surface area contributed by atoms with E-state index >= 15 is 0 Å². The third-order valence-electron chi connectivity index (χ3n) is 4.88. The number of aryl methyl sites for hydroxylation is 1. The summed E-state index contributed by atoms with van der Waals surface area (Å²) in [4.78, 5) is 0.205. The SMILES string of the molecule is Cc1cc(N2CCCS2(=O)=O)ccc1NS(=O)(=O)c1cccc2ccccc12. The van der Waals surface area contributed by atoms with E-state index in [0.29, 0.717) is 35.3 Å². The van der Waals surface area contributed by atoms with Crippen LogP contribution in [0.3, 0.4) is 0 Å². The fourth-order valence-corrected chi connectivity index (χ4v) is 6.39. The molecule has 0 bridgehead atoms. The van der Waals surface area contributed by atoms with Gasteiger partial charge in [0.2, 0.25) is 10.0 Å². The second kappa shape index (κ2) is 6.79. The number of hydrogen-bond acceptors (Lipinski definition) is 4. The Balaban J connectivity index is 1.69. The van der Waals surface area contributed by atoms with Crippen molar-refractivity contribution in [1.82, 2.24) is 0 Å². The van der Waals surface area contributed by atoms with Gasteiger partial charge in [-0.05, 0) is 48.6 Å². The summed E-state index contributed by atoms with van der Waals surface area (Å²) in [6, 6.07) is 17.4. The molecule has 8 heteroatoms. The predicted molar refractivity (Wildman–Crippen MR) is 112 cm³/mol. The standard InChI is InChI=1S/C20H20N2O4S2/c1-15-14-17(22-12-5-13-27(22,23)24)10-11-19(15)21-28(25,26)20-9-4-7-16-6-2-3-8-18(16)20/h2-4,6-11,14,21H,5,12-13H2,1H3. The summed E-state index contributed by atoms with van der Waals surface area (Å²) < 4.78 is 54.2. The molecule has 1 aliphatic rings. The minimum Gasteiger partial charge on any atom is -0.279 e. The molecule has 1 aliphatic heterocycles. The van der Waals surface area contributed by atoms with Crippen LogP contribution in [-0.2, 0) is 20.0 Å². The molecular weight excluding hydrogens is 396 g/mol. The minimum absolute atomic E-state index is 0.140. The first-order valence-electron chi connectivity index (χ1n) is 8.90. The lowest BCUT2D eigenvalue weighted by atomic mass is 10.1. The summed E-state index contributed by atoms with van der Waals surface area (Å²) in [7, 11) is -7.08. The van der Waals surface area contributed by atoms with Gasteiger partial charge in [-0.15, -0.1) is 0 Å². The van der Waals surface area contributed by atoms with Crippen LogP contribution in [0.1, 0.15) is 12.0 Å². The van der Waals surface area contributed by atoms with Crippen LogP contribution in [0, 0.1) is 6.92 Å². The van der Waals surface area contributed by atoms with E-state index in [0.717, 1.165) is 5.39 Å². The first-order valence-corrected chi connectivity index (χ1v) is 12.0. The summed E-state index contributed by atoms with van der Waals surface area (Å²) >= 11 is 0. The third kappa shape index (κ3) is 3.33. The van der Waals surface area contributed by atoms with E-state index < -0.39 is 20.0 Å². The molecule has 0 saturated carbocycles. The molecule has 1 saturated heterocycles. The lowest BCUT2D eigenvalue weighted by molar-refractivity contribution is 0.598. The van der Waals surface area contributed by atoms with Crippen LogP contribution in [0.2, 0.25) is 0 Å². The second-order valence-corrected chi connectivity index (χ2v) is 10.5. The monoisotopic (exact) mass is 416 g/mol. The quantitative estimate of drug-likeness (QED) is 0.706. The normalized spacial score (nSPS) is 16.4. The smallest absolute Gasteiger partial charge is 0.262 e. The topological polar surface area (TPSA) is 83.6 Å². The van der Waals surface area contributed by atoms with Gasteiger partial charge in [-0.2, -0.15) is 0 Å². The van der Waals surface area contributed by atoms with Crippen molar-refractivity contribution in [2.75, 3.05) is 21.3 Å². The maximum atomic E-state index is 13.0. The maximum Gasteiger partial charge on any atom is 0.262 e. The van der Waals surface area contributed by atoms with Gasteiger partial charge in [-0.3, -0.25) is 9.03 Å². The Morgan fingerprint density at radius 3 is 2.46 bits per heavy atom. The number of nitrogens with one attached hydrogen (secondary N) is 1. The zero-order chi connectivity index (χ0) is 19.9. The van der Waals surface area contributed by atoms with Gasteiger partial charge in [0.25, 0.3) is 10.0 Å². The van der Waals surface area contributed by atoms with Crippen LogP contribution >= 0.6 is 0 Å². The van der Waals surface area contributed by atoms with E-state index in [1.165, 1.54) is 4.31 Å². The average molecular weight is 417 g/mol. The van der Waals surface area contributed by atoms with Gasteiger partial charge >= 0.3 is 0 Å². The maximum absolute atomic E-state index is 13.0. The highest BCUT2D eigenvalue weighted by atomic mass is 32.2. The third-order valence-corrected chi connectivity index (χ3v) is 8.17. The van der Waals surface area contributed by atoms with Gasteiger partial charge in [0.15, 0.2) is 0 Å². The Morgan fingerprint density at radius 1 is 1.00 bits per heavy atom. The van der Waals surface area contributed by atoms with Crippen LogP contribution in [0.15, 0.2) is 65.6 Å². The number of nitrogens with zero attached hydrogens (tertiary/aromatic N) is 1. The summed E-state index contributed by atoms with van der Waals surface area (Å²) in [6.45, 7) is 2.20. The highest BCUT2D eigenvalue weighted by Crippen LogP contribution is 2.30. The number of hydrogen-bond donors (Lipinski definition) is 1. The molecule has 0 amide bonds. The molecule has 1 heterocycles. The van der Waals surface area contributed by atoms with Gasteiger partial charge in [0.05, 0.1) is 22.0 Å². The molecule has 0 spiro atoms. The summed E-state index contributed by atoms with van der Waals surface area (Å²) in [5, 5.41) is 1.49. The fraction of sp³-hybridized carbons (Fsp3) is 0.200. The van der Waals surface area contributed by atoms with Crippen LogP contribution in [0.5, 0.6) is 0 Å². The largest absolute Gasteiger partial charge is 0.279 e. The Kier molecular flexibility index (Phi) is 4.55. The molecular formula is C20H20N2O4S2. The molecule has 3 aromatic carbocycles. The lowest BCUT2D eigenvalue weighted by Crippen LogP contribution is -2.25. The van der Waals surface area contributed by atoms with Crippen molar-refractivity contribution >= 4 is 42.2 Å². The van der Waals surface area contributed by atoms with Gasteiger partial charge in [0, 0.05) is 11.9 Å². The van der Waals surface area contributed by atoms with Crippen molar-refractivity contribution in [1.29, 1.82) is 0 Å². The zero-order valence-corrected chi connectivity index (χ0v) is 16.9. The summed E-state index contributed by atoms with van der Waals surface area (Å²) in [6.07, 6.45) is 0.594. The molecule has 1 N–H and O–H groups in total. The summed E-state index contributed by atoms with van der Waals surface area (Å²) in [5.74, 6) is 0.140. The highest BCUT2D eigenvalue weighted by Gasteiger charge is 2.28. The van der Waals surface area contributed by atoms with E-state index in [1.54, 1.807) is 49.4 Å². The van der Waals surface area contributed by atoms with Crippen molar-refractivity contribution in [2.45, 2.75) is 18.2 Å². The molecule has 146 valence electrons. The van der Waals surface area contributed by atoms with Crippen molar-refractivity contribution in [2.24, 2.45) is 0 Å². The van der Waals surface area contributed by atoms with Crippen LogP contribution in [0.4, 0.5) is 11.4 Å². The second-order valence-electron chi connectivity index (χ2n) is 6.82. The fourth-order valence-electron chi connectivity index (χ4n) is 3.48. The van der Waals surface area contributed by atoms with Crippen molar-refractivity contribution in [3.05, 3.63) is 66.2 Å². The van der Waals surface area contributed by atoms with Crippen molar-refractivity contribution in [3.8, 4) is 0 Å². The Morgan fingerprint density at radius 2 is 1.75 bits per heavy atom. The lowest BCUT2D eigenvalue weighted by Gasteiger charge is -2.19. The number of sulfonamides is 2.